The summed E-state index contributed by atoms with van der Waals surface area (Å²) in [5.74, 6) is -0.774. The van der Waals surface area contributed by atoms with Gasteiger partial charge in [0.25, 0.3) is 0 Å². The minimum absolute atomic E-state index is 0.0326. The van der Waals surface area contributed by atoms with Gasteiger partial charge in [0.1, 0.15) is 5.75 Å². The number of carbonyl (C=O) groups is 1. The van der Waals surface area contributed by atoms with Gasteiger partial charge in [-0.15, -0.1) is 0 Å². The van der Waals surface area contributed by atoms with Crippen LogP contribution in [0.3, 0.4) is 0 Å². The van der Waals surface area contributed by atoms with Crippen LogP contribution >= 0.6 is 0 Å². The monoisotopic (exact) mass is 348 g/mol. The van der Waals surface area contributed by atoms with Crippen molar-refractivity contribution in [1.82, 2.24) is 4.72 Å². The summed E-state index contributed by atoms with van der Waals surface area (Å²) in [7, 11) is -3.88. The van der Waals surface area contributed by atoms with E-state index in [1.807, 2.05) is 6.92 Å². The predicted octanol–water partition coefficient (Wildman–Crippen LogP) is 1.24. The average molecular weight is 348 g/mol. The fourth-order valence-corrected chi connectivity index (χ4v) is 3.44. The lowest BCUT2D eigenvalue weighted by molar-refractivity contribution is -0.306. The summed E-state index contributed by atoms with van der Waals surface area (Å²) in [5, 5.41) is 11.0. The Balaban J connectivity index is 2.24. The number of carboxylic acids is 1. The van der Waals surface area contributed by atoms with Crippen LogP contribution in [0.25, 0.3) is 0 Å². The normalized spacial score (nSPS) is 12.5. The van der Waals surface area contributed by atoms with E-state index in [0.29, 0.717) is 17.9 Å². The highest BCUT2D eigenvalue weighted by Gasteiger charge is 2.21. The van der Waals surface area contributed by atoms with Crippen molar-refractivity contribution in [1.29, 1.82) is 0 Å². The van der Waals surface area contributed by atoms with Crippen molar-refractivity contribution in [2.45, 2.75) is 24.3 Å². The van der Waals surface area contributed by atoms with Gasteiger partial charge >= 0.3 is 0 Å². The Labute approximate surface area is 141 Å². The van der Waals surface area contributed by atoms with Crippen molar-refractivity contribution >= 4 is 16.0 Å². The van der Waals surface area contributed by atoms with Gasteiger partial charge in [0.15, 0.2) is 0 Å². The van der Waals surface area contributed by atoms with E-state index in [4.69, 9.17) is 4.74 Å². The van der Waals surface area contributed by atoms with E-state index in [1.54, 1.807) is 42.5 Å². The molecule has 0 aliphatic rings. The van der Waals surface area contributed by atoms with E-state index in [9.17, 15) is 18.3 Å². The maximum absolute atomic E-state index is 12.5. The van der Waals surface area contributed by atoms with Gasteiger partial charge in [-0.05, 0) is 36.8 Å². The molecule has 128 valence electrons. The van der Waals surface area contributed by atoms with Crippen LogP contribution < -0.4 is 14.6 Å². The van der Waals surface area contributed by atoms with Crippen molar-refractivity contribution in [2.24, 2.45) is 0 Å². The maximum Gasteiger partial charge on any atom is 0.241 e. The summed E-state index contributed by atoms with van der Waals surface area (Å²) < 4.78 is 32.7. The summed E-state index contributed by atoms with van der Waals surface area (Å²) in [6.07, 6.45) is -0.458. The topological polar surface area (TPSA) is 95.5 Å². The number of rotatable bonds is 8. The van der Waals surface area contributed by atoms with Crippen LogP contribution in [0.4, 0.5) is 0 Å². The Kier molecular flexibility index (Phi) is 5.94. The molecule has 2 aromatic rings. The highest BCUT2D eigenvalue weighted by Crippen LogP contribution is 2.21. The van der Waals surface area contributed by atoms with Gasteiger partial charge in [-0.2, -0.15) is 0 Å². The molecule has 0 heterocycles. The number of nitrogens with one attached hydrogen (secondary N) is 1. The lowest BCUT2D eigenvalue weighted by Gasteiger charge is -2.20. The van der Waals surface area contributed by atoms with Gasteiger partial charge in [0.2, 0.25) is 10.0 Å². The molecular weight excluding hydrogens is 330 g/mol. The number of ether oxygens (including phenoxy) is 1. The van der Waals surface area contributed by atoms with Crippen LogP contribution in [-0.4, -0.2) is 21.0 Å². The first-order valence-electron chi connectivity index (χ1n) is 7.42. The number of hydrogen-bond donors (Lipinski definition) is 1. The molecule has 0 aromatic heterocycles. The molecule has 2 aromatic carbocycles. The van der Waals surface area contributed by atoms with E-state index < -0.39 is 28.5 Å². The standard InChI is InChI=1S/C17H19NO5S/c1-2-23-14-8-10-15(11-9-14)24(21,22)18-16(12-17(19)20)13-6-4-3-5-7-13/h3-11,16,18H,2,12H2,1H3,(H,19,20)/p-1/t16-/m0/s1. The zero-order chi connectivity index (χ0) is 17.6. The third kappa shape index (κ3) is 4.81. The number of sulfonamides is 1. The van der Waals surface area contributed by atoms with Crippen molar-refractivity contribution in [3.05, 3.63) is 60.2 Å². The first-order chi connectivity index (χ1) is 11.4. The Morgan fingerprint density at radius 2 is 1.75 bits per heavy atom. The van der Waals surface area contributed by atoms with E-state index in [-0.39, 0.29) is 4.90 Å². The SMILES string of the molecule is CCOc1ccc(S(=O)(=O)N[C@@H](CC(=O)[O-])c2ccccc2)cc1. The molecule has 0 radical (unpaired) electrons. The molecule has 0 saturated carbocycles. The molecule has 0 spiro atoms. The van der Waals surface area contributed by atoms with Gasteiger partial charge < -0.3 is 14.6 Å². The zero-order valence-corrected chi connectivity index (χ0v) is 14.0. The molecule has 24 heavy (non-hydrogen) atoms. The molecular formula is C17H18NO5S-. The zero-order valence-electron chi connectivity index (χ0n) is 13.1. The van der Waals surface area contributed by atoms with Crippen LogP contribution in [0.15, 0.2) is 59.5 Å². The molecule has 0 aliphatic carbocycles. The van der Waals surface area contributed by atoms with Crippen molar-refractivity contribution < 1.29 is 23.1 Å². The molecule has 6 nitrogen and oxygen atoms in total. The number of benzene rings is 2. The molecule has 0 saturated heterocycles. The second-order valence-electron chi connectivity index (χ2n) is 5.07. The summed E-state index contributed by atoms with van der Waals surface area (Å²) in [6.45, 7) is 2.31. The Morgan fingerprint density at radius 1 is 1.12 bits per heavy atom. The van der Waals surface area contributed by atoms with E-state index in [1.165, 1.54) is 12.1 Å². The van der Waals surface area contributed by atoms with Crippen LogP contribution in [0.2, 0.25) is 0 Å². The summed E-state index contributed by atoms with van der Waals surface area (Å²) in [5.41, 5.74) is 0.552. The summed E-state index contributed by atoms with van der Waals surface area (Å²) in [6, 6.07) is 13.5. The molecule has 0 fully saturated rings. The lowest BCUT2D eigenvalue weighted by Crippen LogP contribution is -2.34. The summed E-state index contributed by atoms with van der Waals surface area (Å²) in [4.78, 5) is 11.0. The minimum atomic E-state index is -3.88. The van der Waals surface area contributed by atoms with Gasteiger partial charge in [-0.1, -0.05) is 30.3 Å². The van der Waals surface area contributed by atoms with Crippen LogP contribution in [-0.2, 0) is 14.8 Å². The van der Waals surface area contributed by atoms with Crippen LogP contribution in [0, 0.1) is 0 Å². The molecule has 1 atom stereocenters. The third-order valence-electron chi connectivity index (χ3n) is 3.32. The lowest BCUT2D eigenvalue weighted by atomic mass is 10.1. The molecule has 0 aliphatic heterocycles. The molecule has 0 unspecified atom stereocenters. The predicted molar refractivity (Wildman–Crippen MR) is 86.7 cm³/mol. The highest BCUT2D eigenvalue weighted by atomic mass is 32.2. The Morgan fingerprint density at radius 3 is 2.29 bits per heavy atom. The first kappa shape index (κ1) is 18.0. The minimum Gasteiger partial charge on any atom is -0.550 e. The second-order valence-corrected chi connectivity index (χ2v) is 6.78. The smallest absolute Gasteiger partial charge is 0.241 e. The molecule has 7 heteroatoms. The number of carbonyl (C=O) groups excluding carboxylic acids is 1. The number of aliphatic carboxylic acids is 1. The quantitative estimate of drug-likeness (QED) is 0.774. The largest absolute Gasteiger partial charge is 0.550 e. The highest BCUT2D eigenvalue weighted by molar-refractivity contribution is 7.89. The van der Waals surface area contributed by atoms with Crippen molar-refractivity contribution in [3.8, 4) is 5.75 Å². The van der Waals surface area contributed by atoms with Gasteiger partial charge in [0.05, 0.1) is 17.5 Å². The van der Waals surface area contributed by atoms with Crippen molar-refractivity contribution in [2.75, 3.05) is 6.61 Å². The second kappa shape index (κ2) is 7.94. The van der Waals surface area contributed by atoms with Gasteiger partial charge in [-0.25, -0.2) is 13.1 Å². The van der Waals surface area contributed by atoms with Crippen LogP contribution in [0.1, 0.15) is 24.9 Å². The molecule has 0 bridgehead atoms. The van der Waals surface area contributed by atoms with E-state index in [2.05, 4.69) is 4.72 Å². The fourth-order valence-electron chi connectivity index (χ4n) is 2.22. The van der Waals surface area contributed by atoms with E-state index in [0.717, 1.165) is 0 Å². The van der Waals surface area contributed by atoms with Crippen molar-refractivity contribution in [3.63, 3.8) is 0 Å². The summed E-state index contributed by atoms with van der Waals surface area (Å²) >= 11 is 0. The number of hydrogen-bond acceptors (Lipinski definition) is 5. The maximum atomic E-state index is 12.5. The molecule has 2 rings (SSSR count). The number of carboxylic acid groups (broad SMARTS) is 1. The Hall–Kier alpha value is -2.38. The molecule has 1 N–H and O–H groups in total. The van der Waals surface area contributed by atoms with Gasteiger partial charge in [-0.3, -0.25) is 0 Å². The van der Waals surface area contributed by atoms with Gasteiger partial charge in [0, 0.05) is 12.4 Å². The average Bonchev–Trinajstić information content (AvgIpc) is 2.55. The fraction of sp³-hybridized carbons (Fsp3) is 0.235. The third-order valence-corrected chi connectivity index (χ3v) is 4.80. The molecule has 0 amide bonds. The first-order valence-corrected chi connectivity index (χ1v) is 8.90. The van der Waals surface area contributed by atoms with E-state index >= 15 is 0 Å². The Bertz CT molecular complexity index is 772. The van der Waals surface area contributed by atoms with Crippen LogP contribution in [0.5, 0.6) is 5.75 Å².